The predicted octanol–water partition coefficient (Wildman–Crippen LogP) is 1.54. The predicted molar refractivity (Wildman–Crippen MR) is 74.8 cm³/mol. The molecule has 0 bridgehead atoms. The van der Waals surface area contributed by atoms with Crippen LogP contribution in [-0.2, 0) is 9.84 Å². The van der Waals surface area contributed by atoms with Crippen molar-refractivity contribution in [2.75, 3.05) is 18.1 Å². The fraction of sp³-hybridized carbons (Fsp3) is 0.308. The molecular weight excluding hydrogens is 264 g/mol. The van der Waals surface area contributed by atoms with Crippen LogP contribution in [0.1, 0.15) is 12.5 Å². The van der Waals surface area contributed by atoms with Crippen molar-refractivity contribution in [3.63, 3.8) is 0 Å². The van der Waals surface area contributed by atoms with E-state index in [0.717, 1.165) is 6.26 Å². The van der Waals surface area contributed by atoms with Gasteiger partial charge in [0, 0.05) is 11.9 Å². The molecule has 19 heavy (non-hydrogen) atoms. The second-order valence-electron chi connectivity index (χ2n) is 3.99. The number of carbonyl (C=O) groups is 1. The SMILES string of the molecule is CC#CCNC(=O)Nc1ccc(S(C)(=O)=O)c(C)c1. The van der Waals surface area contributed by atoms with E-state index in [4.69, 9.17) is 0 Å². The minimum Gasteiger partial charge on any atom is -0.327 e. The number of hydrogen-bond acceptors (Lipinski definition) is 3. The van der Waals surface area contributed by atoms with Crippen LogP contribution in [0.5, 0.6) is 0 Å². The van der Waals surface area contributed by atoms with Gasteiger partial charge in [0.25, 0.3) is 0 Å². The average molecular weight is 280 g/mol. The molecule has 0 fully saturated rings. The van der Waals surface area contributed by atoms with E-state index in [-0.39, 0.29) is 17.5 Å². The molecule has 0 aromatic heterocycles. The first kappa shape index (κ1) is 15.1. The van der Waals surface area contributed by atoms with Gasteiger partial charge in [0.15, 0.2) is 9.84 Å². The smallest absolute Gasteiger partial charge is 0.319 e. The topological polar surface area (TPSA) is 75.3 Å². The summed E-state index contributed by atoms with van der Waals surface area (Å²) in [6.45, 7) is 3.64. The number of anilines is 1. The summed E-state index contributed by atoms with van der Waals surface area (Å²) in [7, 11) is -3.24. The van der Waals surface area contributed by atoms with E-state index in [2.05, 4.69) is 22.5 Å². The summed E-state index contributed by atoms with van der Waals surface area (Å²) in [5.74, 6) is 5.37. The van der Waals surface area contributed by atoms with Crippen LogP contribution in [0, 0.1) is 18.8 Å². The molecule has 0 saturated carbocycles. The maximum atomic E-state index is 11.5. The highest BCUT2D eigenvalue weighted by atomic mass is 32.2. The molecule has 2 N–H and O–H groups in total. The van der Waals surface area contributed by atoms with Gasteiger partial charge in [-0.2, -0.15) is 0 Å². The number of rotatable bonds is 3. The van der Waals surface area contributed by atoms with Crippen LogP contribution in [0.15, 0.2) is 23.1 Å². The molecule has 0 aliphatic rings. The lowest BCUT2D eigenvalue weighted by Crippen LogP contribution is -2.28. The first-order valence-corrected chi connectivity index (χ1v) is 7.49. The third-order valence-electron chi connectivity index (χ3n) is 2.35. The van der Waals surface area contributed by atoms with Crippen molar-refractivity contribution in [2.45, 2.75) is 18.7 Å². The molecule has 0 atom stereocenters. The summed E-state index contributed by atoms with van der Waals surface area (Å²) in [6, 6.07) is 4.26. The van der Waals surface area contributed by atoms with E-state index in [1.54, 1.807) is 26.0 Å². The third-order valence-corrected chi connectivity index (χ3v) is 3.60. The van der Waals surface area contributed by atoms with Crippen molar-refractivity contribution in [1.82, 2.24) is 5.32 Å². The van der Waals surface area contributed by atoms with E-state index in [1.807, 2.05) is 0 Å². The van der Waals surface area contributed by atoms with E-state index in [9.17, 15) is 13.2 Å². The summed E-state index contributed by atoms with van der Waals surface area (Å²) in [6.07, 6.45) is 1.15. The van der Waals surface area contributed by atoms with Crippen LogP contribution in [0.3, 0.4) is 0 Å². The standard InChI is InChI=1S/C13H16N2O3S/c1-4-5-8-14-13(16)15-11-6-7-12(10(2)9-11)19(3,17)18/h6-7,9H,8H2,1-3H3,(H2,14,15,16). The molecule has 1 rings (SSSR count). The lowest BCUT2D eigenvalue weighted by Gasteiger charge is -2.08. The van der Waals surface area contributed by atoms with Crippen LogP contribution in [-0.4, -0.2) is 27.2 Å². The van der Waals surface area contributed by atoms with E-state index in [0.29, 0.717) is 11.3 Å². The molecule has 102 valence electrons. The van der Waals surface area contributed by atoms with Gasteiger partial charge in [-0.3, -0.25) is 0 Å². The lowest BCUT2D eigenvalue weighted by atomic mass is 10.2. The Morgan fingerprint density at radius 1 is 1.37 bits per heavy atom. The Morgan fingerprint density at radius 2 is 2.05 bits per heavy atom. The maximum absolute atomic E-state index is 11.5. The van der Waals surface area contributed by atoms with Gasteiger partial charge in [-0.25, -0.2) is 13.2 Å². The number of benzene rings is 1. The molecule has 0 unspecified atom stereocenters. The quantitative estimate of drug-likeness (QED) is 0.825. The molecule has 6 heteroatoms. The van der Waals surface area contributed by atoms with Crippen molar-refractivity contribution < 1.29 is 13.2 Å². The third kappa shape index (κ3) is 4.64. The maximum Gasteiger partial charge on any atom is 0.319 e. The first-order valence-electron chi connectivity index (χ1n) is 5.59. The van der Waals surface area contributed by atoms with Gasteiger partial charge in [-0.05, 0) is 37.6 Å². The minimum atomic E-state index is -3.24. The molecule has 0 aliphatic heterocycles. The highest BCUT2D eigenvalue weighted by Gasteiger charge is 2.11. The highest BCUT2D eigenvalue weighted by molar-refractivity contribution is 7.90. The van der Waals surface area contributed by atoms with Gasteiger partial charge in [0.2, 0.25) is 0 Å². The molecule has 0 spiro atoms. The molecule has 1 aromatic carbocycles. The van der Waals surface area contributed by atoms with Gasteiger partial charge in [0.1, 0.15) is 0 Å². The summed E-state index contributed by atoms with van der Waals surface area (Å²) < 4.78 is 22.9. The fourth-order valence-corrected chi connectivity index (χ4v) is 2.49. The highest BCUT2D eigenvalue weighted by Crippen LogP contribution is 2.19. The minimum absolute atomic E-state index is 0.260. The summed E-state index contributed by atoms with van der Waals surface area (Å²) in [5, 5.41) is 5.16. The van der Waals surface area contributed by atoms with Gasteiger partial charge in [-0.15, -0.1) is 5.92 Å². The zero-order valence-corrected chi connectivity index (χ0v) is 11.9. The Kier molecular flexibility index (Phi) is 4.95. The zero-order valence-electron chi connectivity index (χ0n) is 11.1. The summed E-state index contributed by atoms with van der Waals surface area (Å²) >= 11 is 0. The average Bonchev–Trinajstić information content (AvgIpc) is 2.27. The number of aryl methyl sites for hydroxylation is 1. The summed E-state index contributed by atoms with van der Waals surface area (Å²) in [4.78, 5) is 11.7. The Bertz CT molecular complexity index is 640. The molecule has 5 nitrogen and oxygen atoms in total. The second-order valence-corrected chi connectivity index (χ2v) is 5.97. The Labute approximate surface area is 113 Å². The van der Waals surface area contributed by atoms with Crippen molar-refractivity contribution >= 4 is 21.6 Å². The van der Waals surface area contributed by atoms with Gasteiger partial charge in [0.05, 0.1) is 11.4 Å². The largest absolute Gasteiger partial charge is 0.327 e. The fourth-order valence-electron chi connectivity index (χ4n) is 1.53. The normalized spacial score (nSPS) is 10.3. The number of amides is 2. The van der Waals surface area contributed by atoms with Crippen LogP contribution in [0.2, 0.25) is 0 Å². The number of hydrogen-bond donors (Lipinski definition) is 2. The molecule has 0 radical (unpaired) electrons. The number of carbonyl (C=O) groups excluding carboxylic acids is 1. The molecule has 0 heterocycles. The molecule has 0 saturated heterocycles. The Balaban J connectivity index is 2.79. The molecule has 1 aromatic rings. The van der Waals surface area contributed by atoms with E-state index in [1.165, 1.54) is 6.07 Å². The molecular formula is C13H16N2O3S. The van der Waals surface area contributed by atoms with Crippen LogP contribution >= 0.6 is 0 Å². The van der Waals surface area contributed by atoms with Gasteiger partial charge in [-0.1, -0.05) is 5.92 Å². The molecule has 2 amide bonds. The Hall–Kier alpha value is -2.00. The summed E-state index contributed by atoms with van der Waals surface area (Å²) in [5.41, 5.74) is 1.13. The van der Waals surface area contributed by atoms with Crippen molar-refractivity contribution in [3.05, 3.63) is 23.8 Å². The lowest BCUT2D eigenvalue weighted by molar-refractivity contribution is 0.253. The number of nitrogens with one attached hydrogen (secondary N) is 2. The van der Waals surface area contributed by atoms with Crippen molar-refractivity contribution in [1.29, 1.82) is 0 Å². The van der Waals surface area contributed by atoms with E-state index >= 15 is 0 Å². The van der Waals surface area contributed by atoms with Crippen molar-refractivity contribution in [3.8, 4) is 11.8 Å². The van der Waals surface area contributed by atoms with E-state index < -0.39 is 9.84 Å². The van der Waals surface area contributed by atoms with Crippen LogP contribution < -0.4 is 10.6 Å². The Morgan fingerprint density at radius 3 is 2.58 bits per heavy atom. The number of sulfone groups is 1. The van der Waals surface area contributed by atoms with Crippen LogP contribution in [0.25, 0.3) is 0 Å². The first-order chi connectivity index (χ1) is 8.84. The monoisotopic (exact) mass is 280 g/mol. The zero-order chi connectivity index (χ0) is 14.5. The van der Waals surface area contributed by atoms with Gasteiger partial charge >= 0.3 is 6.03 Å². The van der Waals surface area contributed by atoms with Crippen LogP contribution in [0.4, 0.5) is 10.5 Å². The van der Waals surface area contributed by atoms with Gasteiger partial charge < -0.3 is 10.6 Å². The second kappa shape index (κ2) is 6.25. The molecule has 0 aliphatic carbocycles. The van der Waals surface area contributed by atoms with Crippen molar-refractivity contribution in [2.24, 2.45) is 0 Å². The number of urea groups is 1.